The third-order valence-electron chi connectivity index (χ3n) is 1.39. The highest BCUT2D eigenvalue weighted by Crippen LogP contribution is 1.96. The summed E-state index contributed by atoms with van der Waals surface area (Å²) in [6.07, 6.45) is 2.10. The van der Waals surface area contributed by atoms with Crippen LogP contribution >= 0.6 is 0 Å². The van der Waals surface area contributed by atoms with Crippen LogP contribution in [-0.2, 0) is 14.3 Å². The van der Waals surface area contributed by atoms with E-state index in [4.69, 9.17) is 4.74 Å². The number of unbranched alkanes of at least 4 members (excludes halogenated alkanes) is 1. The van der Waals surface area contributed by atoms with Crippen molar-refractivity contribution in [1.29, 1.82) is 0 Å². The maximum atomic E-state index is 10.8. The Hall–Kier alpha value is -0.830. The fourth-order valence-electron chi connectivity index (χ4n) is 0.645. The maximum absolute atomic E-state index is 10.8. The zero-order valence-electron chi connectivity index (χ0n) is 7.76. The van der Waals surface area contributed by atoms with E-state index in [1.807, 2.05) is 0 Å². The van der Waals surface area contributed by atoms with Gasteiger partial charge in [0.25, 0.3) is 0 Å². The van der Waals surface area contributed by atoms with Crippen LogP contribution in [0.5, 0.6) is 0 Å². The van der Waals surface area contributed by atoms with E-state index >= 15 is 0 Å². The summed E-state index contributed by atoms with van der Waals surface area (Å²) in [5.41, 5.74) is 0.369. The third kappa shape index (κ3) is 4.91. The van der Waals surface area contributed by atoms with Gasteiger partial charge < -0.3 is 9.47 Å². The van der Waals surface area contributed by atoms with Gasteiger partial charge >= 0.3 is 5.97 Å². The number of hydrogen-bond donors (Lipinski definition) is 0. The molecule has 3 nitrogen and oxygen atoms in total. The molecular formula is C9H16O3. The zero-order chi connectivity index (χ0) is 9.40. The Balaban J connectivity index is 3.38. The first-order valence-corrected chi connectivity index (χ1v) is 4.06. The lowest BCUT2D eigenvalue weighted by Crippen LogP contribution is -2.10. The van der Waals surface area contributed by atoms with Gasteiger partial charge in [-0.15, -0.1) is 0 Å². The molecule has 0 fully saturated rings. The number of rotatable bonds is 6. The summed E-state index contributed by atoms with van der Waals surface area (Å²) in [6.45, 7) is 6.55. The van der Waals surface area contributed by atoms with E-state index in [-0.39, 0.29) is 6.61 Å². The molecule has 0 bridgehead atoms. The second kappa shape index (κ2) is 6.85. The van der Waals surface area contributed by atoms with Crippen molar-refractivity contribution in [2.24, 2.45) is 0 Å². The van der Waals surface area contributed by atoms with Crippen molar-refractivity contribution >= 4 is 5.97 Å². The van der Waals surface area contributed by atoms with Gasteiger partial charge in [0.05, 0.1) is 19.3 Å². The van der Waals surface area contributed by atoms with Gasteiger partial charge in [-0.1, -0.05) is 19.9 Å². The van der Waals surface area contributed by atoms with Crippen LogP contribution in [0.4, 0.5) is 0 Å². The average molecular weight is 172 g/mol. The molecule has 12 heavy (non-hydrogen) atoms. The topological polar surface area (TPSA) is 35.5 Å². The quantitative estimate of drug-likeness (QED) is 0.346. The number of hydrogen-bond acceptors (Lipinski definition) is 3. The molecule has 0 saturated carbocycles. The predicted molar refractivity (Wildman–Crippen MR) is 46.9 cm³/mol. The van der Waals surface area contributed by atoms with E-state index in [9.17, 15) is 4.79 Å². The monoisotopic (exact) mass is 172 g/mol. The Labute approximate surface area is 73.4 Å². The highest BCUT2D eigenvalue weighted by Gasteiger charge is 2.05. The van der Waals surface area contributed by atoms with Crippen molar-refractivity contribution < 1.29 is 14.3 Å². The molecule has 0 atom stereocenters. The Morgan fingerprint density at radius 3 is 2.67 bits per heavy atom. The van der Waals surface area contributed by atoms with Crippen molar-refractivity contribution in [1.82, 2.24) is 0 Å². The molecular weight excluding hydrogens is 156 g/mol. The number of carbonyl (C=O) groups excluding carboxylic acids is 1. The second-order valence-corrected chi connectivity index (χ2v) is 2.50. The van der Waals surface area contributed by atoms with Gasteiger partial charge in [-0.05, 0) is 6.42 Å². The molecule has 0 amide bonds. The number of esters is 1. The number of methoxy groups -OCH3 is 1. The van der Waals surface area contributed by atoms with E-state index in [1.54, 1.807) is 0 Å². The van der Waals surface area contributed by atoms with E-state index in [1.165, 1.54) is 7.11 Å². The molecule has 0 rings (SSSR count). The van der Waals surface area contributed by atoms with Crippen LogP contribution in [-0.4, -0.2) is 26.3 Å². The van der Waals surface area contributed by atoms with Gasteiger partial charge in [0.2, 0.25) is 0 Å². The van der Waals surface area contributed by atoms with Crippen molar-refractivity contribution in [3.05, 3.63) is 12.2 Å². The lowest BCUT2D eigenvalue weighted by Gasteiger charge is -2.03. The van der Waals surface area contributed by atoms with Gasteiger partial charge in [-0.3, -0.25) is 0 Å². The van der Waals surface area contributed by atoms with E-state index in [2.05, 4.69) is 18.2 Å². The van der Waals surface area contributed by atoms with Crippen LogP contribution in [0, 0.1) is 0 Å². The predicted octanol–water partition coefficient (Wildman–Crippen LogP) is 1.53. The molecule has 0 aliphatic heterocycles. The first-order chi connectivity index (χ1) is 5.72. The summed E-state index contributed by atoms with van der Waals surface area (Å²) in [5, 5.41) is 0. The fraction of sp³-hybridized carbons (Fsp3) is 0.667. The molecule has 3 heteroatoms. The molecule has 0 aliphatic carbocycles. The first-order valence-electron chi connectivity index (χ1n) is 4.06. The van der Waals surface area contributed by atoms with Crippen molar-refractivity contribution in [2.75, 3.05) is 20.3 Å². The lowest BCUT2D eigenvalue weighted by molar-refractivity contribution is -0.136. The summed E-state index contributed by atoms with van der Waals surface area (Å²) < 4.78 is 9.61. The van der Waals surface area contributed by atoms with Gasteiger partial charge in [-0.2, -0.15) is 0 Å². The standard InChI is InChI=1S/C9H16O3/c1-4-5-6-12-7-8(2)9(10)11-3/h2,4-7H2,1,3H3. The minimum absolute atomic E-state index is 0.271. The number of carbonyl (C=O) groups is 1. The van der Waals surface area contributed by atoms with Crippen LogP contribution in [0.25, 0.3) is 0 Å². The summed E-state index contributed by atoms with van der Waals surface area (Å²) in [5.74, 6) is -0.397. The van der Waals surface area contributed by atoms with E-state index in [0.29, 0.717) is 12.2 Å². The lowest BCUT2D eigenvalue weighted by atomic mass is 10.3. The van der Waals surface area contributed by atoms with Crippen LogP contribution in [0.15, 0.2) is 12.2 Å². The second-order valence-electron chi connectivity index (χ2n) is 2.50. The smallest absolute Gasteiger partial charge is 0.335 e. The van der Waals surface area contributed by atoms with Crippen LogP contribution in [0.2, 0.25) is 0 Å². The average Bonchev–Trinajstić information content (AvgIpc) is 2.10. The Morgan fingerprint density at radius 2 is 2.17 bits per heavy atom. The molecule has 0 heterocycles. The van der Waals surface area contributed by atoms with Gasteiger partial charge in [-0.25, -0.2) is 4.79 Å². The Bertz CT molecular complexity index is 152. The molecule has 0 aromatic carbocycles. The molecule has 0 spiro atoms. The van der Waals surface area contributed by atoms with Gasteiger partial charge in [0.15, 0.2) is 0 Å². The molecule has 0 saturated heterocycles. The summed E-state index contributed by atoms with van der Waals surface area (Å²) >= 11 is 0. The molecule has 0 aromatic rings. The minimum Gasteiger partial charge on any atom is -0.466 e. The normalized spacial score (nSPS) is 9.50. The summed E-state index contributed by atoms with van der Waals surface area (Å²) in [6, 6.07) is 0. The van der Waals surface area contributed by atoms with Crippen LogP contribution in [0.1, 0.15) is 19.8 Å². The largest absolute Gasteiger partial charge is 0.466 e. The van der Waals surface area contributed by atoms with Crippen LogP contribution < -0.4 is 0 Å². The molecule has 0 N–H and O–H groups in total. The molecule has 0 unspecified atom stereocenters. The number of ether oxygens (including phenoxy) is 2. The highest BCUT2D eigenvalue weighted by atomic mass is 16.5. The van der Waals surface area contributed by atoms with Gasteiger partial charge in [0.1, 0.15) is 0 Å². The van der Waals surface area contributed by atoms with Crippen molar-refractivity contribution in [3.63, 3.8) is 0 Å². The third-order valence-corrected chi connectivity index (χ3v) is 1.39. The SMILES string of the molecule is C=C(COCCCC)C(=O)OC. The molecule has 0 radical (unpaired) electrons. The molecule has 0 aromatic heterocycles. The van der Waals surface area contributed by atoms with E-state index in [0.717, 1.165) is 12.8 Å². The zero-order valence-corrected chi connectivity index (χ0v) is 7.76. The van der Waals surface area contributed by atoms with Crippen molar-refractivity contribution in [3.8, 4) is 0 Å². The Kier molecular flexibility index (Phi) is 6.38. The maximum Gasteiger partial charge on any atom is 0.335 e. The molecule has 0 aliphatic rings. The minimum atomic E-state index is -0.397. The highest BCUT2D eigenvalue weighted by molar-refractivity contribution is 5.87. The first kappa shape index (κ1) is 11.2. The molecule has 70 valence electrons. The Morgan fingerprint density at radius 1 is 1.50 bits per heavy atom. The van der Waals surface area contributed by atoms with Crippen LogP contribution in [0.3, 0.4) is 0 Å². The summed E-state index contributed by atoms with van der Waals surface area (Å²) in [4.78, 5) is 10.8. The summed E-state index contributed by atoms with van der Waals surface area (Å²) in [7, 11) is 1.33. The van der Waals surface area contributed by atoms with Crippen molar-refractivity contribution in [2.45, 2.75) is 19.8 Å². The van der Waals surface area contributed by atoms with Gasteiger partial charge in [0, 0.05) is 6.61 Å². The van der Waals surface area contributed by atoms with E-state index < -0.39 is 5.97 Å². The fourth-order valence-corrected chi connectivity index (χ4v) is 0.645.